The lowest BCUT2D eigenvalue weighted by molar-refractivity contribution is 0.291. The maximum Gasteiger partial charge on any atom is 0.203 e. The highest BCUT2D eigenvalue weighted by Crippen LogP contribution is 2.36. The normalized spacial score (nSPS) is 11.9. The molecule has 2 heterocycles. The molecule has 0 aliphatic heterocycles. The number of phenols is 1. The zero-order valence-electron chi connectivity index (χ0n) is 17.9. The number of pyridine rings is 1. The van der Waals surface area contributed by atoms with E-state index in [2.05, 4.69) is 15.5 Å². The Morgan fingerprint density at radius 2 is 1.94 bits per heavy atom. The van der Waals surface area contributed by atoms with Crippen LogP contribution in [0.2, 0.25) is 0 Å². The Bertz CT molecular complexity index is 1280. The quantitative estimate of drug-likeness (QED) is 0.234. The molecular formula is C22H27N5O4. The molecule has 0 aliphatic carbocycles. The summed E-state index contributed by atoms with van der Waals surface area (Å²) in [6.45, 7) is 2.35. The summed E-state index contributed by atoms with van der Waals surface area (Å²) in [5.74, 6) is 0.343. The minimum absolute atomic E-state index is 0.0170. The Balaban J connectivity index is 2.04. The third-order valence-corrected chi connectivity index (χ3v) is 5.38. The average molecular weight is 425 g/mol. The van der Waals surface area contributed by atoms with Gasteiger partial charge in [-0.2, -0.15) is 5.10 Å². The van der Waals surface area contributed by atoms with Crippen LogP contribution < -0.4 is 20.8 Å². The molecule has 0 atom stereocenters. The molecule has 9 heteroatoms. The highest BCUT2D eigenvalue weighted by Gasteiger charge is 2.23. The van der Waals surface area contributed by atoms with Crippen LogP contribution in [0.1, 0.15) is 5.69 Å². The number of phenolic OH excluding ortho intramolecular Hbond substituents is 1. The highest BCUT2D eigenvalue weighted by atomic mass is 16.5. The zero-order chi connectivity index (χ0) is 22.1. The number of aliphatic hydroxyl groups is 1. The van der Waals surface area contributed by atoms with Gasteiger partial charge in [0.15, 0.2) is 0 Å². The number of methoxy groups -OCH3 is 1. The van der Waals surface area contributed by atoms with Crippen LogP contribution in [0.3, 0.4) is 0 Å². The molecule has 2 aromatic carbocycles. The molecule has 0 unspecified atom stereocenters. The number of aromatic hydroxyl groups is 1. The van der Waals surface area contributed by atoms with E-state index in [1.54, 1.807) is 10.6 Å². The van der Waals surface area contributed by atoms with Crippen LogP contribution in [0, 0.1) is 0 Å². The first-order valence-corrected chi connectivity index (χ1v) is 10.2. The Kier molecular flexibility index (Phi) is 5.81. The molecule has 0 spiro atoms. The van der Waals surface area contributed by atoms with Gasteiger partial charge in [-0.1, -0.05) is 0 Å². The van der Waals surface area contributed by atoms with E-state index in [0.717, 1.165) is 17.6 Å². The van der Waals surface area contributed by atoms with E-state index in [-0.39, 0.29) is 23.2 Å². The van der Waals surface area contributed by atoms with E-state index in [4.69, 9.17) is 14.9 Å². The van der Waals surface area contributed by atoms with Gasteiger partial charge in [0.25, 0.3) is 0 Å². The first-order valence-electron chi connectivity index (χ1n) is 10.2. The summed E-state index contributed by atoms with van der Waals surface area (Å²) in [6.07, 6.45) is 0. The molecule has 164 valence electrons. The average Bonchev–Trinajstić information content (AvgIpc) is 3.11. The Labute approximate surface area is 179 Å². The molecule has 0 saturated carbocycles. The van der Waals surface area contributed by atoms with Crippen LogP contribution in [0.15, 0.2) is 29.1 Å². The summed E-state index contributed by atoms with van der Waals surface area (Å²) >= 11 is 0. The summed E-state index contributed by atoms with van der Waals surface area (Å²) < 4.78 is 7.08. The fourth-order valence-corrected chi connectivity index (χ4v) is 3.93. The molecule has 0 bridgehead atoms. The summed E-state index contributed by atoms with van der Waals surface area (Å²) in [6, 6.07) is 6.93. The van der Waals surface area contributed by atoms with Crippen LogP contribution in [-0.4, -0.2) is 72.2 Å². The fraction of sp³-hybridized carbons (Fsp3) is 0.364. The van der Waals surface area contributed by atoms with Crippen molar-refractivity contribution in [1.29, 1.82) is 0 Å². The Morgan fingerprint density at radius 3 is 2.65 bits per heavy atom. The molecule has 4 N–H and O–H groups in total. The standard InChI is InChI=1S/C22H27N5O4/c1-26(2)10-8-24-14-5-4-13-15(12-23-9-11-28)25-27-20(13)18(14)22(30)19-17(31-3)7-6-16(29)21(19)27/h4-7,23-24,28-29H,8-12H2,1-3H3. The van der Waals surface area contributed by atoms with Crippen LogP contribution in [0.25, 0.3) is 27.2 Å². The zero-order valence-corrected chi connectivity index (χ0v) is 17.9. The number of fused-ring (bicyclic) bond motifs is 2. The van der Waals surface area contributed by atoms with Gasteiger partial charge in [-0.25, -0.2) is 4.52 Å². The number of aromatic nitrogens is 2. The molecule has 4 aromatic rings. The highest BCUT2D eigenvalue weighted by molar-refractivity contribution is 6.10. The predicted octanol–water partition coefficient (Wildman–Crippen LogP) is 1.21. The van der Waals surface area contributed by atoms with Gasteiger partial charge in [0.1, 0.15) is 17.0 Å². The lowest BCUT2D eigenvalue weighted by Gasteiger charge is -2.15. The van der Waals surface area contributed by atoms with Crippen LogP contribution in [0.4, 0.5) is 5.69 Å². The van der Waals surface area contributed by atoms with Crippen molar-refractivity contribution < 1.29 is 14.9 Å². The van der Waals surface area contributed by atoms with Crippen molar-refractivity contribution in [3.63, 3.8) is 0 Å². The maximum atomic E-state index is 13.7. The number of nitrogens with one attached hydrogen (secondary N) is 2. The molecule has 0 aliphatic rings. The topological polar surface area (TPSA) is 111 Å². The van der Waals surface area contributed by atoms with Gasteiger partial charge in [-0.05, 0) is 38.4 Å². The lowest BCUT2D eigenvalue weighted by atomic mass is 10.0. The number of rotatable bonds is 9. The second-order valence-corrected chi connectivity index (χ2v) is 7.71. The molecule has 0 saturated heterocycles. The largest absolute Gasteiger partial charge is 0.506 e. The van der Waals surface area contributed by atoms with Crippen molar-refractivity contribution in [2.24, 2.45) is 0 Å². The number of aliphatic hydroxyl groups excluding tert-OH is 1. The van der Waals surface area contributed by atoms with Crippen molar-refractivity contribution in [2.75, 3.05) is 52.8 Å². The van der Waals surface area contributed by atoms with Gasteiger partial charge in [0, 0.05) is 37.3 Å². The van der Waals surface area contributed by atoms with Crippen molar-refractivity contribution in [2.45, 2.75) is 6.54 Å². The number of likely N-dealkylation sites (N-methyl/N-ethyl adjacent to an activating group) is 1. The number of benzene rings is 2. The van der Waals surface area contributed by atoms with Gasteiger partial charge >= 0.3 is 0 Å². The molecule has 0 fully saturated rings. The Hall–Kier alpha value is -3.14. The van der Waals surface area contributed by atoms with Crippen molar-refractivity contribution in [1.82, 2.24) is 19.8 Å². The number of anilines is 1. The van der Waals surface area contributed by atoms with E-state index >= 15 is 0 Å². The lowest BCUT2D eigenvalue weighted by Crippen LogP contribution is -2.21. The summed E-state index contributed by atoms with van der Waals surface area (Å²) in [5.41, 5.74) is 2.19. The van der Waals surface area contributed by atoms with Crippen LogP contribution in [0.5, 0.6) is 11.5 Å². The van der Waals surface area contributed by atoms with Crippen LogP contribution >= 0.6 is 0 Å². The number of hydrogen-bond acceptors (Lipinski definition) is 8. The first kappa shape index (κ1) is 21.1. The first-order chi connectivity index (χ1) is 15.0. The maximum absolute atomic E-state index is 13.7. The van der Waals surface area contributed by atoms with Crippen molar-refractivity contribution in [3.05, 3.63) is 40.2 Å². The molecule has 31 heavy (non-hydrogen) atoms. The third-order valence-electron chi connectivity index (χ3n) is 5.38. The molecule has 0 amide bonds. The van der Waals surface area contributed by atoms with Gasteiger partial charge < -0.3 is 30.5 Å². The van der Waals surface area contributed by atoms with Gasteiger partial charge in [-0.3, -0.25) is 4.79 Å². The molecule has 4 rings (SSSR count). The van der Waals surface area contributed by atoms with Crippen LogP contribution in [-0.2, 0) is 6.54 Å². The molecular weight excluding hydrogens is 398 g/mol. The smallest absolute Gasteiger partial charge is 0.203 e. The predicted molar refractivity (Wildman–Crippen MR) is 122 cm³/mol. The minimum Gasteiger partial charge on any atom is -0.506 e. The molecule has 2 aromatic heterocycles. The number of nitrogens with zero attached hydrogens (tertiary/aromatic N) is 3. The summed E-state index contributed by atoms with van der Waals surface area (Å²) in [7, 11) is 5.48. The van der Waals surface area contributed by atoms with Gasteiger partial charge in [0.2, 0.25) is 5.43 Å². The van der Waals surface area contributed by atoms with E-state index in [1.165, 1.54) is 13.2 Å². The second-order valence-electron chi connectivity index (χ2n) is 7.71. The second kappa shape index (κ2) is 8.54. The Morgan fingerprint density at radius 1 is 1.13 bits per heavy atom. The van der Waals surface area contributed by atoms with Crippen molar-refractivity contribution in [3.8, 4) is 11.5 Å². The summed E-state index contributed by atoms with van der Waals surface area (Å²) in [5, 5.41) is 32.6. The molecule has 0 radical (unpaired) electrons. The number of ether oxygens (including phenoxy) is 1. The molecule has 9 nitrogen and oxygen atoms in total. The SMILES string of the molecule is COc1ccc(O)c2c1c(=O)c1c(NCCN(C)C)ccc3c(CNCCO)nn2c31. The monoisotopic (exact) mass is 425 g/mol. The van der Waals surface area contributed by atoms with E-state index in [0.29, 0.717) is 47.5 Å². The van der Waals surface area contributed by atoms with E-state index in [9.17, 15) is 9.90 Å². The number of hydrogen-bond donors (Lipinski definition) is 4. The summed E-state index contributed by atoms with van der Waals surface area (Å²) in [4.78, 5) is 15.7. The van der Waals surface area contributed by atoms with E-state index < -0.39 is 0 Å². The van der Waals surface area contributed by atoms with Crippen molar-refractivity contribution >= 4 is 32.9 Å². The third kappa shape index (κ3) is 3.60. The van der Waals surface area contributed by atoms with Gasteiger partial charge in [-0.15, -0.1) is 0 Å². The van der Waals surface area contributed by atoms with E-state index in [1.807, 2.05) is 26.2 Å². The van der Waals surface area contributed by atoms with Gasteiger partial charge in [0.05, 0.1) is 35.7 Å². The fourth-order valence-electron chi connectivity index (χ4n) is 3.93. The minimum atomic E-state index is -0.219.